The highest BCUT2D eigenvalue weighted by atomic mass is 16.2. The van der Waals surface area contributed by atoms with Crippen molar-refractivity contribution in [2.75, 3.05) is 19.6 Å². The summed E-state index contributed by atoms with van der Waals surface area (Å²) in [6.07, 6.45) is 7.22. The largest absolute Gasteiger partial charge is 0.336 e. The second kappa shape index (κ2) is 5.48. The number of carbonyl (C=O) groups is 1. The van der Waals surface area contributed by atoms with Gasteiger partial charge in [0.05, 0.1) is 24.3 Å². The van der Waals surface area contributed by atoms with Gasteiger partial charge in [-0.1, -0.05) is 24.3 Å². The van der Waals surface area contributed by atoms with Crippen molar-refractivity contribution in [2.24, 2.45) is 0 Å². The van der Waals surface area contributed by atoms with Crippen molar-refractivity contribution in [1.29, 1.82) is 0 Å². The zero-order chi connectivity index (χ0) is 14.9. The molecule has 1 saturated heterocycles. The van der Waals surface area contributed by atoms with Crippen molar-refractivity contribution >= 4 is 6.03 Å². The van der Waals surface area contributed by atoms with Crippen molar-refractivity contribution in [2.45, 2.75) is 25.3 Å². The fourth-order valence-corrected chi connectivity index (χ4v) is 3.53. The van der Waals surface area contributed by atoms with Gasteiger partial charge in [0.2, 0.25) is 0 Å². The van der Waals surface area contributed by atoms with E-state index in [4.69, 9.17) is 0 Å². The number of aromatic nitrogens is 2. The highest BCUT2D eigenvalue weighted by Gasteiger charge is 2.28. The lowest BCUT2D eigenvalue weighted by molar-refractivity contribution is 0.185. The molecule has 1 aromatic carbocycles. The number of hydrogen-bond acceptors (Lipinski definition) is 2. The Labute approximate surface area is 130 Å². The van der Waals surface area contributed by atoms with Gasteiger partial charge in [0.1, 0.15) is 0 Å². The molecular weight excluding hydrogens is 276 g/mol. The molecular formula is C17H20N4O. The smallest absolute Gasteiger partial charge is 0.317 e. The minimum absolute atomic E-state index is 0.0609. The topological polar surface area (TPSA) is 50.2 Å². The number of amides is 2. The van der Waals surface area contributed by atoms with E-state index >= 15 is 0 Å². The Hall–Kier alpha value is -2.30. The summed E-state index contributed by atoms with van der Waals surface area (Å²) in [7, 11) is 0. The molecule has 1 atom stereocenters. The fourth-order valence-electron chi connectivity index (χ4n) is 3.53. The molecule has 1 aromatic heterocycles. The van der Waals surface area contributed by atoms with E-state index in [1.54, 1.807) is 0 Å². The van der Waals surface area contributed by atoms with Crippen LogP contribution in [0.15, 0.2) is 36.8 Å². The maximum absolute atomic E-state index is 12.3. The number of rotatable bonds is 2. The Morgan fingerprint density at radius 1 is 1.23 bits per heavy atom. The Kier molecular flexibility index (Phi) is 3.33. The van der Waals surface area contributed by atoms with Gasteiger partial charge in [0, 0.05) is 25.2 Å². The average Bonchev–Trinajstić information content (AvgIpc) is 3.15. The Bertz CT molecular complexity index is 687. The van der Waals surface area contributed by atoms with Crippen LogP contribution in [-0.4, -0.2) is 40.1 Å². The van der Waals surface area contributed by atoms with Gasteiger partial charge in [-0.3, -0.25) is 0 Å². The molecule has 0 unspecified atom stereocenters. The summed E-state index contributed by atoms with van der Waals surface area (Å²) in [5.74, 6) is 0. The van der Waals surface area contributed by atoms with E-state index in [9.17, 15) is 4.79 Å². The summed E-state index contributed by atoms with van der Waals surface area (Å²) >= 11 is 0. The number of imidazole rings is 1. The van der Waals surface area contributed by atoms with Gasteiger partial charge in [-0.25, -0.2) is 9.78 Å². The molecule has 1 fully saturated rings. The highest BCUT2D eigenvalue weighted by molar-refractivity contribution is 5.75. The van der Waals surface area contributed by atoms with Crippen molar-refractivity contribution in [3.8, 4) is 11.3 Å². The number of nitrogens with one attached hydrogen (secondary N) is 1. The summed E-state index contributed by atoms with van der Waals surface area (Å²) in [6.45, 7) is 2.36. The van der Waals surface area contributed by atoms with Gasteiger partial charge in [-0.15, -0.1) is 0 Å². The van der Waals surface area contributed by atoms with Gasteiger partial charge in [0.25, 0.3) is 0 Å². The monoisotopic (exact) mass is 296 g/mol. The van der Waals surface area contributed by atoms with E-state index in [-0.39, 0.29) is 12.1 Å². The van der Waals surface area contributed by atoms with Crippen molar-refractivity contribution in [1.82, 2.24) is 19.8 Å². The molecule has 5 heteroatoms. The molecule has 2 aromatic rings. The highest BCUT2D eigenvalue weighted by Crippen LogP contribution is 2.38. The van der Waals surface area contributed by atoms with Crippen LogP contribution in [0.5, 0.6) is 0 Å². The fraction of sp³-hybridized carbons (Fsp3) is 0.412. The molecule has 0 saturated carbocycles. The molecule has 2 aliphatic rings. The van der Waals surface area contributed by atoms with Crippen LogP contribution in [0.4, 0.5) is 4.79 Å². The first-order valence-corrected chi connectivity index (χ1v) is 7.98. The third kappa shape index (κ3) is 2.17. The lowest BCUT2D eigenvalue weighted by Crippen LogP contribution is -2.44. The van der Waals surface area contributed by atoms with E-state index in [0.29, 0.717) is 6.54 Å². The van der Waals surface area contributed by atoms with E-state index in [1.807, 2.05) is 23.5 Å². The molecule has 0 radical (unpaired) electrons. The minimum atomic E-state index is 0.0609. The van der Waals surface area contributed by atoms with Crippen LogP contribution in [0.25, 0.3) is 11.3 Å². The molecule has 114 valence electrons. The van der Waals surface area contributed by atoms with Crippen molar-refractivity contribution in [3.63, 3.8) is 0 Å². The number of urea groups is 1. The summed E-state index contributed by atoms with van der Waals surface area (Å²) in [6, 6.07) is 8.56. The van der Waals surface area contributed by atoms with E-state index < -0.39 is 0 Å². The summed E-state index contributed by atoms with van der Waals surface area (Å²) in [4.78, 5) is 18.5. The van der Waals surface area contributed by atoms with Crippen LogP contribution in [0.1, 0.15) is 30.9 Å². The molecule has 2 amide bonds. The summed E-state index contributed by atoms with van der Waals surface area (Å²) < 4.78 is 2.15. The van der Waals surface area contributed by atoms with Gasteiger partial charge in [-0.05, 0) is 24.8 Å². The standard InChI is InChI=1S/C17H20N4O/c22-17(20-8-4-1-5-9-20)19-11-16-14-7-3-2-6-13(14)15-10-18-12-21(15)16/h2-3,6-7,10,12,16H,1,4-5,8-9,11H2,(H,19,22)/t16-/m1/s1. The number of fused-ring (bicyclic) bond motifs is 3. The van der Waals surface area contributed by atoms with Gasteiger partial charge in [-0.2, -0.15) is 0 Å². The Morgan fingerprint density at radius 3 is 2.91 bits per heavy atom. The Morgan fingerprint density at radius 2 is 2.05 bits per heavy atom. The van der Waals surface area contributed by atoms with E-state index in [2.05, 4.69) is 33.1 Å². The molecule has 2 aliphatic heterocycles. The van der Waals surface area contributed by atoms with Crippen LogP contribution in [-0.2, 0) is 0 Å². The molecule has 1 N–H and O–H groups in total. The zero-order valence-corrected chi connectivity index (χ0v) is 12.5. The third-order valence-electron chi connectivity index (χ3n) is 4.69. The SMILES string of the molecule is O=C(NC[C@@H]1c2ccccc2-c2cncn21)N1CCCCC1. The molecule has 0 aliphatic carbocycles. The molecule has 3 heterocycles. The van der Waals surface area contributed by atoms with E-state index in [0.717, 1.165) is 31.6 Å². The van der Waals surface area contributed by atoms with Crippen LogP contribution in [0.3, 0.4) is 0 Å². The van der Waals surface area contributed by atoms with E-state index in [1.165, 1.54) is 17.5 Å². The number of nitrogens with zero attached hydrogens (tertiary/aromatic N) is 3. The molecule has 22 heavy (non-hydrogen) atoms. The predicted molar refractivity (Wildman–Crippen MR) is 84.6 cm³/mol. The second-order valence-electron chi connectivity index (χ2n) is 6.02. The first-order valence-electron chi connectivity index (χ1n) is 7.98. The normalized spacial score (nSPS) is 19.6. The number of likely N-dealkylation sites (tertiary alicyclic amines) is 1. The number of hydrogen-bond donors (Lipinski definition) is 1. The number of carbonyl (C=O) groups excluding carboxylic acids is 1. The maximum atomic E-state index is 12.3. The lowest BCUT2D eigenvalue weighted by atomic mass is 10.0. The first kappa shape index (κ1) is 13.4. The molecule has 5 nitrogen and oxygen atoms in total. The molecule has 0 bridgehead atoms. The number of piperidine rings is 1. The van der Waals surface area contributed by atoms with Gasteiger partial charge in [0.15, 0.2) is 0 Å². The van der Waals surface area contributed by atoms with Crippen LogP contribution in [0.2, 0.25) is 0 Å². The zero-order valence-electron chi connectivity index (χ0n) is 12.5. The van der Waals surface area contributed by atoms with Gasteiger partial charge >= 0.3 is 6.03 Å². The van der Waals surface area contributed by atoms with Crippen molar-refractivity contribution in [3.05, 3.63) is 42.4 Å². The average molecular weight is 296 g/mol. The van der Waals surface area contributed by atoms with Crippen molar-refractivity contribution < 1.29 is 4.79 Å². The third-order valence-corrected chi connectivity index (χ3v) is 4.69. The van der Waals surface area contributed by atoms with Crippen LogP contribution >= 0.6 is 0 Å². The van der Waals surface area contributed by atoms with Crippen LogP contribution in [0, 0.1) is 0 Å². The molecule has 0 spiro atoms. The minimum Gasteiger partial charge on any atom is -0.336 e. The molecule has 4 rings (SSSR count). The quantitative estimate of drug-likeness (QED) is 0.926. The second-order valence-corrected chi connectivity index (χ2v) is 6.02. The maximum Gasteiger partial charge on any atom is 0.317 e. The summed E-state index contributed by atoms with van der Waals surface area (Å²) in [5, 5.41) is 3.10. The predicted octanol–water partition coefficient (Wildman–Crippen LogP) is 2.65. The number of benzene rings is 1. The van der Waals surface area contributed by atoms with Gasteiger partial charge < -0.3 is 14.8 Å². The summed E-state index contributed by atoms with van der Waals surface area (Å²) in [5.41, 5.74) is 3.61. The Balaban J connectivity index is 1.50. The van der Waals surface area contributed by atoms with Crippen LogP contribution < -0.4 is 5.32 Å². The first-order chi connectivity index (χ1) is 10.8. The lowest BCUT2D eigenvalue weighted by Gasteiger charge is -2.27.